The van der Waals surface area contributed by atoms with Crippen LogP contribution in [-0.2, 0) is 0 Å². The second-order valence-electron chi connectivity index (χ2n) is 3.89. The fourth-order valence-corrected chi connectivity index (χ4v) is 1.60. The van der Waals surface area contributed by atoms with Crippen molar-refractivity contribution in [2.45, 2.75) is 6.92 Å². The summed E-state index contributed by atoms with van der Waals surface area (Å²) in [6.45, 7) is 1.89. The lowest BCUT2D eigenvalue weighted by Crippen LogP contribution is -2.13. The van der Waals surface area contributed by atoms with E-state index in [2.05, 4.69) is 5.32 Å². The minimum absolute atomic E-state index is 0.138. The number of carbonyl (C=O) groups excluding carboxylic acids is 1. The molecule has 3 heteroatoms. The maximum atomic E-state index is 12.0. The Kier molecular flexibility index (Phi) is 3.10. The molecule has 2 rings (SSSR count). The van der Waals surface area contributed by atoms with Crippen LogP contribution in [0, 0.1) is 6.92 Å². The number of anilines is 2. The van der Waals surface area contributed by atoms with Crippen LogP contribution in [0.25, 0.3) is 0 Å². The number of nitrogen functional groups attached to an aromatic ring is 1. The van der Waals surface area contributed by atoms with E-state index in [1.54, 1.807) is 12.1 Å². The molecular weight excluding hydrogens is 212 g/mol. The van der Waals surface area contributed by atoms with Gasteiger partial charge in [0.1, 0.15) is 0 Å². The van der Waals surface area contributed by atoms with Crippen LogP contribution in [0.15, 0.2) is 48.5 Å². The number of amides is 1. The Morgan fingerprint density at radius 2 is 1.82 bits per heavy atom. The molecule has 3 nitrogen and oxygen atoms in total. The van der Waals surface area contributed by atoms with Crippen molar-refractivity contribution in [1.82, 2.24) is 0 Å². The molecule has 0 saturated carbocycles. The Hall–Kier alpha value is -2.29. The topological polar surface area (TPSA) is 55.1 Å². The highest BCUT2D eigenvalue weighted by Gasteiger charge is 2.09. The molecule has 0 aromatic heterocycles. The van der Waals surface area contributed by atoms with Gasteiger partial charge in [-0.1, -0.05) is 24.3 Å². The first-order valence-electron chi connectivity index (χ1n) is 5.39. The molecule has 0 atom stereocenters. The molecule has 0 saturated heterocycles. The van der Waals surface area contributed by atoms with Gasteiger partial charge in [-0.05, 0) is 36.8 Å². The van der Waals surface area contributed by atoms with E-state index in [9.17, 15) is 4.79 Å². The summed E-state index contributed by atoms with van der Waals surface area (Å²) in [5.41, 5.74) is 8.56. The van der Waals surface area contributed by atoms with Crippen molar-refractivity contribution in [2.24, 2.45) is 0 Å². The Morgan fingerprint density at radius 1 is 1.12 bits per heavy atom. The smallest absolute Gasteiger partial charge is 0.256 e. The molecule has 0 aliphatic heterocycles. The highest BCUT2D eigenvalue weighted by molar-refractivity contribution is 6.05. The molecule has 0 aliphatic rings. The number of aryl methyl sites for hydroxylation is 1. The van der Waals surface area contributed by atoms with Crippen molar-refractivity contribution < 1.29 is 4.79 Å². The maximum Gasteiger partial charge on any atom is 0.256 e. The molecule has 0 unspecified atom stereocenters. The normalized spacial score (nSPS) is 9.94. The lowest BCUT2D eigenvalue weighted by molar-refractivity contribution is 0.102. The average molecular weight is 226 g/mol. The lowest BCUT2D eigenvalue weighted by atomic mass is 10.1. The van der Waals surface area contributed by atoms with Crippen molar-refractivity contribution in [1.29, 1.82) is 0 Å². The summed E-state index contributed by atoms with van der Waals surface area (Å²) in [5, 5.41) is 2.83. The fraction of sp³-hybridized carbons (Fsp3) is 0.0714. The molecule has 0 aliphatic carbocycles. The monoisotopic (exact) mass is 226 g/mol. The average Bonchev–Trinajstić information content (AvgIpc) is 2.33. The van der Waals surface area contributed by atoms with E-state index in [4.69, 9.17) is 5.73 Å². The number of nitrogens with one attached hydrogen (secondary N) is 1. The van der Waals surface area contributed by atoms with Gasteiger partial charge in [-0.15, -0.1) is 0 Å². The third kappa shape index (κ3) is 2.64. The van der Waals surface area contributed by atoms with Gasteiger partial charge in [0, 0.05) is 16.9 Å². The summed E-state index contributed by atoms with van der Waals surface area (Å²) in [6, 6.07) is 14.7. The number of carbonyl (C=O) groups is 1. The Morgan fingerprint density at radius 3 is 2.53 bits per heavy atom. The van der Waals surface area contributed by atoms with Gasteiger partial charge in [-0.25, -0.2) is 0 Å². The van der Waals surface area contributed by atoms with Crippen LogP contribution in [0.1, 0.15) is 15.9 Å². The van der Waals surface area contributed by atoms with Gasteiger partial charge in [-0.3, -0.25) is 4.79 Å². The summed E-state index contributed by atoms with van der Waals surface area (Å²) < 4.78 is 0. The van der Waals surface area contributed by atoms with Crippen LogP contribution in [0.3, 0.4) is 0 Å². The standard InChI is InChI=1S/C14H14N2O/c1-10-7-8-11(15)9-13(10)14(17)16-12-5-3-2-4-6-12/h2-9H,15H2,1H3,(H,16,17). The lowest BCUT2D eigenvalue weighted by Gasteiger charge is -2.08. The van der Waals surface area contributed by atoms with Gasteiger partial charge >= 0.3 is 0 Å². The number of hydrogen-bond donors (Lipinski definition) is 2. The second kappa shape index (κ2) is 4.70. The summed E-state index contributed by atoms with van der Waals surface area (Å²) in [5.74, 6) is -0.138. The number of benzene rings is 2. The Labute approximate surface area is 100 Å². The van der Waals surface area contributed by atoms with Crippen LogP contribution in [0.4, 0.5) is 11.4 Å². The first-order valence-corrected chi connectivity index (χ1v) is 5.39. The molecule has 0 heterocycles. The SMILES string of the molecule is Cc1ccc(N)cc1C(=O)Nc1ccccc1. The van der Waals surface area contributed by atoms with Crippen molar-refractivity contribution in [3.8, 4) is 0 Å². The van der Waals surface area contributed by atoms with Crippen LogP contribution in [0.5, 0.6) is 0 Å². The van der Waals surface area contributed by atoms with Gasteiger partial charge in [0.15, 0.2) is 0 Å². The van der Waals surface area contributed by atoms with Gasteiger partial charge < -0.3 is 11.1 Å². The fourth-order valence-electron chi connectivity index (χ4n) is 1.60. The maximum absolute atomic E-state index is 12.0. The molecule has 0 spiro atoms. The van der Waals surface area contributed by atoms with Gasteiger partial charge in [0.05, 0.1) is 0 Å². The predicted molar refractivity (Wildman–Crippen MR) is 70.0 cm³/mol. The molecule has 2 aromatic rings. The molecule has 3 N–H and O–H groups in total. The van der Waals surface area contributed by atoms with E-state index in [0.29, 0.717) is 11.3 Å². The quantitative estimate of drug-likeness (QED) is 0.773. The van der Waals surface area contributed by atoms with E-state index in [1.807, 2.05) is 43.3 Å². The van der Waals surface area contributed by atoms with Crippen molar-refractivity contribution in [2.75, 3.05) is 11.1 Å². The van der Waals surface area contributed by atoms with Crippen molar-refractivity contribution >= 4 is 17.3 Å². The van der Waals surface area contributed by atoms with Crippen LogP contribution < -0.4 is 11.1 Å². The van der Waals surface area contributed by atoms with Crippen molar-refractivity contribution in [3.63, 3.8) is 0 Å². The highest BCUT2D eigenvalue weighted by atomic mass is 16.1. The summed E-state index contributed by atoms with van der Waals surface area (Å²) >= 11 is 0. The van der Waals surface area contributed by atoms with E-state index >= 15 is 0 Å². The molecule has 0 fully saturated rings. The first-order chi connectivity index (χ1) is 8.16. The molecular formula is C14H14N2O. The van der Waals surface area contributed by atoms with E-state index < -0.39 is 0 Å². The van der Waals surface area contributed by atoms with E-state index in [1.165, 1.54) is 0 Å². The van der Waals surface area contributed by atoms with Crippen LogP contribution in [0.2, 0.25) is 0 Å². The number of hydrogen-bond acceptors (Lipinski definition) is 2. The van der Waals surface area contributed by atoms with Crippen LogP contribution >= 0.6 is 0 Å². The molecule has 1 amide bonds. The number of nitrogens with two attached hydrogens (primary N) is 1. The predicted octanol–water partition coefficient (Wildman–Crippen LogP) is 2.83. The summed E-state index contributed by atoms with van der Waals surface area (Å²) in [7, 11) is 0. The zero-order valence-electron chi connectivity index (χ0n) is 9.60. The molecule has 0 bridgehead atoms. The zero-order chi connectivity index (χ0) is 12.3. The molecule has 2 aromatic carbocycles. The Bertz CT molecular complexity index is 535. The van der Waals surface area contributed by atoms with Crippen molar-refractivity contribution in [3.05, 3.63) is 59.7 Å². The first kappa shape index (κ1) is 11.2. The summed E-state index contributed by atoms with van der Waals surface area (Å²) in [6.07, 6.45) is 0. The van der Waals surface area contributed by atoms with Crippen LogP contribution in [-0.4, -0.2) is 5.91 Å². The van der Waals surface area contributed by atoms with Gasteiger partial charge in [0.2, 0.25) is 0 Å². The zero-order valence-corrected chi connectivity index (χ0v) is 9.60. The number of rotatable bonds is 2. The summed E-state index contributed by atoms with van der Waals surface area (Å²) in [4.78, 5) is 12.0. The minimum atomic E-state index is -0.138. The second-order valence-corrected chi connectivity index (χ2v) is 3.89. The van der Waals surface area contributed by atoms with E-state index in [0.717, 1.165) is 11.3 Å². The Balaban J connectivity index is 2.23. The van der Waals surface area contributed by atoms with E-state index in [-0.39, 0.29) is 5.91 Å². The molecule has 17 heavy (non-hydrogen) atoms. The van der Waals surface area contributed by atoms with Gasteiger partial charge in [0.25, 0.3) is 5.91 Å². The third-order valence-corrected chi connectivity index (χ3v) is 2.54. The highest BCUT2D eigenvalue weighted by Crippen LogP contribution is 2.15. The number of para-hydroxylation sites is 1. The molecule has 0 radical (unpaired) electrons. The third-order valence-electron chi connectivity index (χ3n) is 2.54. The van der Waals surface area contributed by atoms with Gasteiger partial charge in [-0.2, -0.15) is 0 Å². The molecule has 86 valence electrons. The largest absolute Gasteiger partial charge is 0.399 e. The minimum Gasteiger partial charge on any atom is -0.399 e.